The molecule has 0 bridgehead atoms. The molecular weight excluding hydrogens is 538 g/mol. The van der Waals surface area contributed by atoms with Crippen LogP contribution in [0.5, 0.6) is 0 Å². The fourth-order valence-corrected chi connectivity index (χ4v) is 5.10. The van der Waals surface area contributed by atoms with E-state index in [1.54, 1.807) is 12.3 Å². The van der Waals surface area contributed by atoms with Crippen molar-refractivity contribution in [2.45, 2.75) is 9.83 Å². The summed E-state index contributed by atoms with van der Waals surface area (Å²) in [5, 5.41) is 3.77. The minimum Gasteiger partial charge on any atom is -0.369 e. The molecule has 11 heteroatoms. The third kappa shape index (κ3) is 5.67. The number of nitrogens with zero attached hydrogens (tertiary/aromatic N) is 5. The molecule has 1 saturated heterocycles. The molecule has 0 aliphatic carbocycles. The Morgan fingerprint density at radius 3 is 2.27 bits per heavy atom. The predicted molar refractivity (Wildman–Crippen MR) is 148 cm³/mol. The lowest BCUT2D eigenvalue weighted by molar-refractivity contribution is 0.313. The second-order valence-corrected chi connectivity index (χ2v) is 11.3. The van der Waals surface area contributed by atoms with Gasteiger partial charge in [-0.3, -0.25) is 9.36 Å². The molecule has 1 N–H and O–H groups in total. The third-order valence-electron chi connectivity index (χ3n) is 6.41. The van der Waals surface area contributed by atoms with Crippen molar-refractivity contribution in [3.8, 4) is 0 Å². The van der Waals surface area contributed by atoms with Crippen molar-refractivity contribution in [3.05, 3.63) is 88.6 Å². The summed E-state index contributed by atoms with van der Waals surface area (Å²) < 4.78 is 13.0. The van der Waals surface area contributed by atoms with Crippen LogP contribution in [0.15, 0.2) is 71.7 Å². The second kappa shape index (κ2) is 10.5. The molecule has 2 aromatic heterocycles. The molecule has 5 rings (SSSR count). The Bertz CT molecular complexity index is 1450. The first-order valence-corrected chi connectivity index (χ1v) is 12.8. The molecule has 1 fully saturated rings. The zero-order valence-corrected chi connectivity index (χ0v) is 22.2. The largest absolute Gasteiger partial charge is 0.369 e. The van der Waals surface area contributed by atoms with Gasteiger partial charge in [0.1, 0.15) is 17.5 Å². The normalized spacial score (nSPS) is 15.6. The average Bonchev–Trinajstić information content (AvgIpc) is 2.87. The van der Waals surface area contributed by atoms with Crippen molar-refractivity contribution in [1.29, 1.82) is 0 Å². The lowest BCUT2D eigenvalue weighted by Crippen LogP contribution is -2.44. The molecule has 1 atom stereocenters. The third-order valence-corrected chi connectivity index (χ3v) is 7.03. The van der Waals surface area contributed by atoms with E-state index in [0.29, 0.717) is 10.9 Å². The number of likely N-dealkylation sites (N-methyl/N-ethyl adjacent to an activating group) is 1. The number of anilines is 3. The Morgan fingerprint density at radius 1 is 0.946 bits per heavy atom. The Hall–Kier alpha value is -2.91. The molecule has 37 heavy (non-hydrogen) atoms. The highest BCUT2D eigenvalue weighted by atomic mass is 35.6. The lowest BCUT2D eigenvalue weighted by Gasteiger charge is -2.34. The Morgan fingerprint density at radius 2 is 1.62 bits per heavy atom. The van der Waals surface area contributed by atoms with Crippen LogP contribution in [-0.2, 0) is 0 Å². The first-order valence-electron chi connectivity index (χ1n) is 11.7. The molecule has 0 spiro atoms. The molecule has 2 aromatic carbocycles. The van der Waals surface area contributed by atoms with Gasteiger partial charge in [0.15, 0.2) is 0 Å². The van der Waals surface area contributed by atoms with Crippen molar-refractivity contribution in [3.63, 3.8) is 0 Å². The Balaban J connectivity index is 1.49. The van der Waals surface area contributed by atoms with Gasteiger partial charge in [-0.25, -0.2) is 9.37 Å². The van der Waals surface area contributed by atoms with Crippen LogP contribution < -0.4 is 15.8 Å². The van der Waals surface area contributed by atoms with Crippen LogP contribution in [0.3, 0.4) is 0 Å². The quantitative estimate of drug-likeness (QED) is 0.330. The predicted octanol–water partition coefficient (Wildman–Crippen LogP) is 5.39. The number of hydrogen-bond donors (Lipinski definition) is 1. The van der Waals surface area contributed by atoms with E-state index in [2.05, 4.69) is 44.3 Å². The standard InChI is InChI=1S/C26H24Cl3FN6O/c1-34-12-14-35(15-13-34)21-9-7-20(8-10-21)32-25-31-16-18-4-11-22(37)36(24(18)33-25)23(26(27,28)29)17-2-5-19(30)6-3-17/h2-11,16,23H,12-15H2,1H3,(H,31,32,33). The van der Waals surface area contributed by atoms with Gasteiger partial charge < -0.3 is 15.1 Å². The van der Waals surface area contributed by atoms with Crippen LogP contribution >= 0.6 is 34.8 Å². The van der Waals surface area contributed by atoms with E-state index in [-0.39, 0.29) is 11.6 Å². The van der Waals surface area contributed by atoms with Crippen molar-refractivity contribution in [2.75, 3.05) is 43.4 Å². The molecule has 1 aliphatic rings. The summed E-state index contributed by atoms with van der Waals surface area (Å²) in [6.45, 7) is 4.01. The second-order valence-electron chi connectivity index (χ2n) is 8.97. The van der Waals surface area contributed by atoms with Gasteiger partial charge in [0.2, 0.25) is 9.74 Å². The first-order chi connectivity index (χ1) is 17.7. The monoisotopic (exact) mass is 560 g/mol. The van der Waals surface area contributed by atoms with Gasteiger partial charge in [0, 0.05) is 55.2 Å². The number of pyridine rings is 1. The van der Waals surface area contributed by atoms with Crippen LogP contribution in [0, 0.1) is 5.82 Å². The molecule has 1 unspecified atom stereocenters. The molecular formula is C26H24Cl3FN6O. The molecule has 192 valence electrons. The average molecular weight is 562 g/mol. The van der Waals surface area contributed by atoms with Crippen LogP contribution in [0.4, 0.5) is 21.7 Å². The van der Waals surface area contributed by atoms with Crippen LogP contribution in [-0.4, -0.2) is 56.5 Å². The minimum atomic E-state index is -1.92. The van der Waals surface area contributed by atoms with Gasteiger partial charge in [-0.05, 0) is 55.1 Å². The number of piperazine rings is 1. The molecule has 0 radical (unpaired) electrons. The van der Waals surface area contributed by atoms with Crippen LogP contribution in [0.1, 0.15) is 11.6 Å². The summed E-state index contributed by atoms with van der Waals surface area (Å²) in [5.41, 5.74) is 2.24. The zero-order chi connectivity index (χ0) is 26.2. The van der Waals surface area contributed by atoms with Crippen molar-refractivity contribution in [2.24, 2.45) is 0 Å². The molecule has 4 aromatic rings. The number of rotatable bonds is 5. The van der Waals surface area contributed by atoms with E-state index in [4.69, 9.17) is 34.8 Å². The summed E-state index contributed by atoms with van der Waals surface area (Å²) in [5.74, 6) is -0.161. The number of fused-ring (bicyclic) bond motifs is 1. The summed E-state index contributed by atoms with van der Waals surface area (Å²) >= 11 is 19.0. The lowest BCUT2D eigenvalue weighted by atomic mass is 10.1. The fraction of sp³-hybridized carbons (Fsp3) is 0.269. The van der Waals surface area contributed by atoms with Crippen molar-refractivity contribution >= 4 is 63.2 Å². The summed E-state index contributed by atoms with van der Waals surface area (Å²) in [4.78, 5) is 26.7. The van der Waals surface area contributed by atoms with E-state index < -0.39 is 21.2 Å². The molecule has 3 heterocycles. The fourth-order valence-electron chi connectivity index (χ4n) is 4.43. The Kier molecular flexibility index (Phi) is 7.27. The van der Waals surface area contributed by atoms with Gasteiger partial charge >= 0.3 is 0 Å². The number of hydrogen-bond acceptors (Lipinski definition) is 6. The number of benzene rings is 2. The van der Waals surface area contributed by atoms with Crippen LogP contribution in [0.25, 0.3) is 11.0 Å². The van der Waals surface area contributed by atoms with E-state index >= 15 is 0 Å². The topological polar surface area (TPSA) is 66.3 Å². The summed E-state index contributed by atoms with van der Waals surface area (Å²) in [7, 11) is 2.13. The smallest absolute Gasteiger partial charge is 0.252 e. The maximum absolute atomic E-state index is 13.6. The van der Waals surface area contributed by atoms with Crippen LogP contribution in [0.2, 0.25) is 0 Å². The van der Waals surface area contributed by atoms with Gasteiger partial charge in [-0.2, -0.15) is 4.98 Å². The summed E-state index contributed by atoms with van der Waals surface area (Å²) in [6, 6.07) is 15.4. The van der Waals surface area contributed by atoms with Gasteiger partial charge in [-0.15, -0.1) is 0 Å². The maximum atomic E-state index is 13.6. The Labute approximate surface area is 228 Å². The van der Waals surface area contributed by atoms with Crippen molar-refractivity contribution < 1.29 is 4.39 Å². The highest BCUT2D eigenvalue weighted by molar-refractivity contribution is 6.68. The maximum Gasteiger partial charge on any atom is 0.252 e. The van der Waals surface area contributed by atoms with Gasteiger partial charge in [-0.1, -0.05) is 46.9 Å². The molecule has 0 amide bonds. The van der Waals surface area contributed by atoms with E-state index in [9.17, 15) is 9.18 Å². The van der Waals surface area contributed by atoms with E-state index in [1.165, 1.54) is 34.9 Å². The number of nitrogens with one attached hydrogen (secondary N) is 1. The molecule has 7 nitrogen and oxygen atoms in total. The van der Waals surface area contributed by atoms with Gasteiger partial charge in [0.05, 0.1) is 0 Å². The van der Waals surface area contributed by atoms with E-state index in [0.717, 1.165) is 37.6 Å². The summed E-state index contributed by atoms with van der Waals surface area (Å²) in [6.07, 6.45) is 1.60. The highest BCUT2D eigenvalue weighted by Crippen LogP contribution is 2.42. The zero-order valence-electron chi connectivity index (χ0n) is 19.9. The molecule has 1 aliphatic heterocycles. The first kappa shape index (κ1) is 25.7. The van der Waals surface area contributed by atoms with Crippen molar-refractivity contribution in [1.82, 2.24) is 19.4 Å². The molecule has 0 saturated carbocycles. The SMILES string of the molecule is CN1CCN(c2ccc(Nc3ncc4ccc(=O)n(C(c5ccc(F)cc5)C(Cl)(Cl)Cl)c4n3)cc2)CC1. The number of alkyl halides is 3. The van der Waals surface area contributed by atoms with E-state index in [1.807, 2.05) is 12.1 Å². The van der Waals surface area contributed by atoms with Gasteiger partial charge in [0.25, 0.3) is 5.56 Å². The minimum absolute atomic E-state index is 0.278. The number of aromatic nitrogens is 3. The number of halogens is 4. The highest BCUT2D eigenvalue weighted by Gasteiger charge is 2.37.